The molecule has 0 atom stereocenters. The Balaban J connectivity index is 2.04. The molecular weight excluding hydrogens is 288 g/mol. The minimum atomic E-state index is 0.696. The highest BCUT2D eigenvalue weighted by Crippen LogP contribution is 2.27. The Labute approximate surface area is 107 Å². The standard InChI is InChI=1S/C11H11BrN2OS/c1-7-5-15-11(14-7)16-6-8-2-3-9(13)4-10(8)12/h2-5H,6,13H2,1H3. The molecule has 0 radical (unpaired) electrons. The summed E-state index contributed by atoms with van der Waals surface area (Å²) < 4.78 is 6.28. The van der Waals surface area contributed by atoms with Gasteiger partial charge in [-0.2, -0.15) is 0 Å². The second-order valence-corrected chi connectivity index (χ2v) is 5.18. The van der Waals surface area contributed by atoms with Gasteiger partial charge in [0.2, 0.25) is 0 Å². The lowest BCUT2D eigenvalue weighted by Gasteiger charge is -2.03. The van der Waals surface area contributed by atoms with Crippen molar-refractivity contribution in [3.05, 3.63) is 40.2 Å². The fourth-order valence-electron chi connectivity index (χ4n) is 1.22. The fourth-order valence-corrected chi connectivity index (χ4v) is 2.80. The molecule has 0 bridgehead atoms. The predicted octanol–water partition coefficient (Wildman–Crippen LogP) is 3.62. The van der Waals surface area contributed by atoms with Crippen LogP contribution in [-0.2, 0) is 5.75 Å². The first-order valence-electron chi connectivity index (χ1n) is 4.74. The summed E-state index contributed by atoms with van der Waals surface area (Å²) in [5.41, 5.74) is 8.51. The zero-order valence-corrected chi connectivity index (χ0v) is 11.1. The van der Waals surface area contributed by atoms with Gasteiger partial charge < -0.3 is 10.2 Å². The number of benzene rings is 1. The van der Waals surface area contributed by atoms with Crippen LogP contribution >= 0.6 is 27.7 Å². The third-order valence-electron chi connectivity index (χ3n) is 2.03. The lowest BCUT2D eigenvalue weighted by atomic mass is 10.2. The summed E-state index contributed by atoms with van der Waals surface area (Å²) in [6.07, 6.45) is 1.65. The number of rotatable bonds is 3. The molecule has 0 aliphatic heterocycles. The molecule has 0 unspecified atom stereocenters. The van der Waals surface area contributed by atoms with Gasteiger partial charge in [0, 0.05) is 15.9 Å². The number of aryl methyl sites for hydroxylation is 1. The van der Waals surface area contributed by atoms with Crippen molar-refractivity contribution >= 4 is 33.4 Å². The molecule has 0 saturated carbocycles. The van der Waals surface area contributed by atoms with E-state index in [2.05, 4.69) is 20.9 Å². The molecule has 0 fully saturated rings. The highest BCUT2D eigenvalue weighted by atomic mass is 79.9. The van der Waals surface area contributed by atoms with Crippen LogP contribution < -0.4 is 5.73 Å². The van der Waals surface area contributed by atoms with Crippen LogP contribution in [0.4, 0.5) is 5.69 Å². The van der Waals surface area contributed by atoms with Crippen molar-refractivity contribution in [2.45, 2.75) is 17.9 Å². The van der Waals surface area contributed by atoms with Gasteiger partial charge in [-0.25, -0.2) is 4.98 Å². The average Bonchev–Trinajstić information content (AvgIpc) is 2.63. The van der Waals surface area contributed by atoms with Gasteiger partial charge in [0.25, 0.3) is 5.22 Å². The molecule has 1 heterocycles. The van der Waals surface area contributed by atoms with Crippen LogP contribution in [0.3, 0.4) is 0 Å². The molecule has 84 valence electrons. The Morgan fingerprint density at radius 2 is 2.31 bits per heavy atom. The van der Waals surface area contributed by atoms with E-state index in [1.165, 1.54) is 5.56 Å². The average molecular weight is 299 g/mol. The molecule has 16 heavy (non-hydrogen) atoms. The van der Waals surface area contributed by atoms with E-state index in [0.717, 1.165) is 21.6 Å². The van der Waals surface area contributed by atoms with E-state index in [9.17, 15) is 0 Å². The van der Waals surface area contributed by atoms with Crippen LogP contribution in [0.25, 0.3) is 0 Å². The summed E-state index contributed by atoms with van der Waals surface area (Å²) in [5, 5.41) is 0.696. The molecule has 2 N–H and O–H groups in total. The molecule has 1 aromatic heterocycles. The summed E-state index contributed by atoms with van der Waals surface area (Å²) >= 11 is 5.05. The van der Waals surface area contributed by atoms with Crippen molar-refractivity contribution in [1.82, 2.24) is 4.98 Å². The summed E-state index contributed by atoms with van der Waals surface area (Å²) in [5.74, 6) is 0.806. The van der Waals surface area contributed by atoms with Crippen molar-refractivity contribution in [2.75, 3.05) is 5.73 Å². The highest BCUT2D eigenvalue weighted by Gasteiger charge is 2.05. The largest absolute Gasteiger partial charge is 0.440 e. The van der Waals surface area contributed by atoms with Crippen LogP contribution in [0.15, 0.2) is 38.6 Å². The molecular formula is C11H11BrN2OS. The molecule has 0 aliphatic carbocycles. The molecule has 0 spiro atoms. The molecule has 3 nitrogen and oxygen atoms in total. The van der Waals surface area contributed by atoms with Crippen LogP contribution in [0, 0.1) is 6.92 Å². The van der Waals surface area contributed by atoms with Crippen molar-refractivity contribution in [3.8, 4) is 0 Å². The number of oxazole rings is 1. The number of aromatic nitrogens is 1. The Bertz CT molecular complexity index is 498. The lowest BCUT2D eigenvalue weighted by molar-refractivity contribution is 0.454. The molecule has 1 aromatic carbocycles. The normalized spacial score (nSPS) is 10.6. The summed E-state index contributed by atoms with van der Waals surface area (Å²) in [7, 11) is 0. The summed E-state index contributed by atoms with van der Waals surface area (Å²) in [6.45, 7) is 1.91. The van der Waals surface area contributed by atoms with Gasteiger partial charge in [-0.1, -0.05) is 33.8 Å². The summed E-state index contributed by atoms with van der Waals surface area (Å²) in [4.78, 5) is 4.23. The number of nitrogens with zero attached hydrogens (tertiary/aromatic N) is 1. The molecule has 0 amide bonds. The Morgan fingerprint density at radius 3 is 2.94 bits per heavy atom. The van der Waals surface area contributed by atoms with E-state index in [-0.39, 0.29) is 0 Å². The van der Waals surface area contributed by atoms with Crippen LogP contribution in [-0.4, -0.2) is 4.98 Å². The van der Waals surface area contributed by atoms with Gasteiger partial charge in [0.15, 0.2) is 0 Å². The fraction of sp³-hybridized carbons (Fsp3) is 0.182. The molecule has 0 saturated heterocycles. The van der Waals surface area contributed by atoms with E-state index in [1.54, 1.807) is 18.0 Å². The van der Waals surface area contributed by atoms with E-state index in [1.807, 2.05) is 25.1 Å². The van der Waals surface area contributed by atoms with Gasteiger partial charge in [-0.3, -0.25) is 0 Å². The number of nitrogen functional groups attached to an aromatic ring is 1. The molecule has 0 aliphatic rings. The van der Waals surface area contributed by atoms with E-state index >= 15 is 0 Å². The van der Waals surface area contributed by atoms with Gasteiger partial charge in [0.05, 0.1) is 5.69 Å². The topological polar surface area (TPSA) is 52.0 Å². The maximum absolute atomic E-state index is 5.67. The number of halogens is 1. The first-order chi connectivity index (χ1) is 7.65. The van der Waals surface area contributed by atoms with E-state index in [4.69, 9.17) is 10.2 Å². The Hall–Kier alpha value is -0.940. The Kier molecular flexibility index (Phi) is 3.56. The zero-order chi connectivity index (χ0) is 11.5. The zero-order valence-electron chi connectivity index (χ0n) is 8.74. The predicted molar refractivity (Wildman–Crippen MR) is 69.4 cm³/mol. The maximum atomic E-state index is 5.67. The van der Waals surface area contributed by atoms with Crippen LogP contribution in [0.2, 0.25) is 0 Å². The first-order valence-corrected chi connectivity index (χ1v) is 6.52. The van der Waals surface area contributed by atoms with Crippen LogP contribution in [0.5, 0.6) is 0 Å². The number of thioether (sulfide) groups is 1. The highest BCUT2D eigenvalue weighted by molar-refractivity contribution is 9.10. The van der Waals surface area contributed by atoms with Gasteiger partial charge in [-0.05, 0) is 24.6 Å². The third-order valence-corrected chi connectivity index (χ3v) is 3.65. The van der Waals surface area contributed by atoms with E-state index < -0.39 is 0 Å². The first kappa shape index (κ1) is 11.5. The van der Waals surface area contributed by atoms with Crippen molar-refractivity contribution in [3.63, 3.8) is 0 Å². The van der Waals surface area contributed by atoms with E-state index in [0.29, 0.717) is 5.22 Å². The smallest absolute Gasteiger partial charge is 0.256 e. The number of anilines is 1. The number of nitrogens with two attached hydrogens (primary N) is 1. The Morgan fingerprint density at radius 1 is 1.50 bits per heavy atom. The van der Waals surface area contributed by atoms with Crippen molar-refractivity contribution in [2.24, 2.45) is 0 Å². The van der Waals surface area contributed by atoms with Crippen LogP contribution in [0.1, 0.15) is 11.3 Å². The van der Waals surface area contributed by atoms with Gasteiger partial charge >= 0.3 is 0 Å². The minimum Gasteiger partial charge on any atom is -0.440 e. The van der Waals surface area contributed by atoms with Crippen molar-refractivity contribution in [1.29, 1.82) is 0 Å². The quantitative estimate of drug-likeness (QED) is 0.694. The van der Waals surface area contributed by atoms with Gasteiger partial charge in [0.1, 0.15) is 6.26 Å². The molecule has 2 aromatic rings. The SMILES string of the molecule is Cc1coc(SCc2ccc(N)cc2Br)n1. The third kappa shape index (κ3) is 2.80. The number of hydrogen-bond donors (Lipinski definition) is 1. The van der Waals surface area contributed by atoms with Crippen molar-refractivity contribution < 1.29 is 4.42 Å². The maximum Gasteiger partial charge on any atom is 0.256 e. The number of hydrogen-bond acceptors (Lipinski definition) is 4. The molecule has 5 heteroatoms. The minimum absolute atomic E-state index is 0.696. The second-order valence-electron chi connectivity index (χ2n) is 3.39. The summed E-state index contributed by atoms with van der Waals surface area (Å²) in [6, 6.07) is 5.79. The molecule has 2 rings (SSSR count). The second kappa shape index (κ2) is 4.93. The monoisotopic (exact) mass is 298 g/mol. The van der Waals surface area contributed by atoms with Gasteiger partial charge in [-0.15, -0.1) is 0 Å². The lowest BCUT2D eigenvalue weighted by Crippen LogP contribution is -1.88.